The lowest BCUT2D eigenvalue weighted by molar-refractivity contribution is 0.0926. The van der Waals surface area contributed by atoms with E-state index in [1.807, 2.05) is 24.3 Å². The van der Waals surface area contributed by atoms with E-state index in [1.165, 1.54) is 11.3 Å². The van der Waals surface area contributed by atoms with Gasteiger partial charge in [0.05, 0.1) is 27.9 Å². The second-order valence-electron chi connectivity index (χ2n) is 7.32. The fraction of sp³-hybridized carbons (Fsp3) is 0.400. The molecule has 0 spiro atoms. The zero-order valence-electron chi connectivity index (χ0n) is 16.2. The van der Waals surface area contributed by atoms with Crippen LogP contribution in [-0.2, 0) is 0 Å². The third-order valence-electron chi connectivity index (χ3n) is 5.44. The fourth-order valence-corrected chi connectivity index (χ4v) is 4.76. The van der Waals surface area contributed by atoms with Crippen LogP contribution in [0.15, 0.2) is 36.4 Å². The molecular weight excluding hydrogens is 412 g/mol. The van der Waals surface area contributed by atoms with E-state index in [0.717, 1.165) is 30.8 Å². The maximum absolute atomic E-state index is 12.2. The molecule has 1 saturated heterocycles. The number of aliphatic hydroxyl groups excluding tert-OH is 1. The predicted molar refractivity (Wildman–Crippen MR) is 118 cm³/mol. The van der Waals surface area contributed by atoms with Gasteiger partial charge in [-0.1, -0.05) is 11.6 Å². The molecule has 2 heterocycles. The zero-order valence-corrected chi connectivity index (χ0v) is 17.8. The summed E-state index contributed by atoms with van der Waals surface area (Å²) in [6.45, 7) is 3.17. The standard InChI is InChI=1S/C20H25ClN4O3S/c1-13-3-2-10-25(13,20(22)28)15-6-4-14(5-7-15)23-11-16(26)12-24-19(27)17-8-9-18(21)29-17/h4-9,13,16,23,26H,2-3,10-12H2,1H3,(H2-,22,24,27,28)/p+1/t13-,16?,25?/m1/s1. The topological polar surface area (TPSA) is 104 Å². The summed E-state index contributed by atoms with van der Waals surface area (Å²) in [4.78, 5) is 24.7. The second kappa shape index (κ2) is 9.13. The Morgan fingerprint density at radius 1 is 1.28 bits per heavy atom. The van der Waals surface area contributed by atoms with Gasteiger partial charge in [-0.3, -0.25) is 4.79 Å². The van der Waals surface area contributed by atoms with E-state index in [2.05, 4.69) is 17.6 Å². The number of halogens is 1. The van der Waals surface area contributed by atoms with Crippen LogP contribution in [0.2, 0.25) is 4.34 Å². The molecule has 0 radical (unpaired) electrons. The highest BCUT2D eigenvalue weighted by Crippen LogP contribution is 2.35. The van der Waals surface area contributed by atoms with Crippen molar-refractivity contribution in [3.05, 3.63) is 45.6 Å². The molecule has 9 heteroatoms. The van der Waals surface area contributed by atoms with E-state index in [1.54, 1.807) is 12.1 Å². The molecule has 1 aromatic heterocycles. The first kappa shape index (κ1) is 21.6. The second-order valence-corrected chi connectivity index (χ2v) is 9.03. The van der Waals surface area contributed by atoms with Crippen LogP contribution in [0, 0.1) is 0 Å². The summed E-state index contributed by atoms with van der Waals surface area (Å²) < 4.78 is 0.728. The number of thiophene rings is 1. The molecule has 1 aromatic carbocycles. The third kappa shape index (κ3) is 4.72. The number of hydrogen-bond donors (Lipinski definition) is 4. The van der Waals surface area contributed by atoms with E-state index in [4.69, 9.17) is 17.3 Å². The van der Waals surface area contributed by atoms with Crippen molar-refractivity contribution in [3.63, 3.8) is 0 Å². The molecule has 156 valence electrons. The van der Waals surface area contributed by atoms with Crippen LogP contribution in [-0.4, -0.2) is 48.8 Å². The molecule has 7 nitrogen and oxygen atoms in total. The molecular formula is C20H26ClN4O3S+. The molecule has 3 atom stereocenters. The average Bonchev–Trinajstić information content (AvgIpc) is 3.31. The number of likely N-dealkylation sites (tertiary alicyclic amines) is 1. The van der Waals surface area contributed by atoms with Crippen molar-refractivity contribution in [1.82, 2.24) is 9.80 Å². The van der Waals surface area contributed by atoms with Crippen molar-refractivity contribution >= 4 is 46.3 Å². The lowest BCUT2D eigenvalue weighted by Crippen LogP contribution is -2.59. The Morgan fingerprint density at radius 3 is 2.55 bits per heavy atom. The van der Waals surface area contributed by atoms with E-state index in [9.17, 15) is 14.7 Å². The normalized spacial score (nSPS) is 22.2. The summed E-state index contributed by atoms with van der Waals surface area (Å²) in [5.41, 5.74) is 7.44. The Balaban J connectivity index is 1.52. The number of urea groups is 1. The molecule has 0 saturated carbocycles. The van der Waals surface area contributed by atoms with Crippen molar-refractivity contribution in [3.8, 4) is 0 Å². The van der Waals surface area contributed by atoms with Gasteiger partial charge in [-0.05, 0) is 31.2 Å². The highest BCUT2D eigenvalue weighted by atomic mass is 35.5. The monoisotopic (exact) mass is 437 g/mol. The predicted octanol–water partition coefficient (Wildman–Crippen LogP) is 3.17. The molecule has 2 unspecified atom stereocenters. The minimum atomic E-state index is -0.753. The van der Waals surface area contributed by atoms with Crippen molar-refractivity contribution in [1.29, 1.82) is 0 Å². The number of nitrogens with zero attached hydrogens (tertiary/aromatic N) is 1. The SMILES string of the molecule is C[C@@H]1CCC[N+]1(C(N)=O)c1ccc(NCC(O)CNC(=O)c2ccc(Cl)s2)cc1. The maximum atomic E-state index is 12.2. The van der Waals surface area contributed by atoms with Crippen LogP contribution in [0.25, 0.3) is 0 Å². The van der Waals surface area contributed by atoms with Crippen LogP contribution in [0.1, 0.15) is 29.4 Å². The van der Waals surface area contributed by atoms with Crippen LogP contribution in [0.5, 0.6) is 0 Å². The first-order valence-electron chi connectivity index (χ1n) is 9.57. The van der Waals surface area contributed by atoms with Gasteiger partial charge >= 0.3 is 6.03 Å². The Kier molecular flexibility index (Phi) is 6.79. The number of hydrogen-bond acceptors (Lipinski definition) is 5. The Hall–Kier alpha value is -2.13. The Morgan fingerprint density at radius 2 is 2.00 bits per heavy atom. The van der Waals surface area contributed by atoms with Gasteiger partial charge in [0.25, 0.3) is 5.91 Å². The molecule has 1 aliphatic rings. The van der Waals surface area contributed by atoms with Crippen LogP contribution in [0.3, 0.4) is 0 Å². The molecule has 5 N–H and O–H groups in total. The van der Waals surface area contributed by atoms with Crippen LogP contribution >= 0.6 is 22.9 Å². The number of anilines is 1. The number of aliphatic hydroxyl groups is 1. The highest BCUT2D eigenvalue weighted by molar-refractivity contribution is 7.17. The minimum Gasteiger partial charge on any atom is -0.389 e. The van der Waals surface area contributed by atoms with Crippen molar-refractivity contribution in [2.75, 3.05) is 25.0 Å². The zero-order chi connectivity index (χ0) is 21.0. The van der Waals surface area contributed by atoms with Gasteiger partial charge in [0.2, 0.25) is 0 Å². The summed E-state index contributed by atoms with van der Waals surface area (Å²) in [7, 11) is 0. The summed E-state index contributed by atoms with van der Waals surface area (Å²) in [5.74, 6) is -0.259. The third-order valence-corrected chi connectivity index (χ3v) is 6.67. The van der Waals surface area contributed by atoms with Gasteiger partial charge in [-0.25, -0.2) is 9.28 Å². The van der Waals surface area contributed by atoms with Gasteiger partial charge in [0, 0.05) is 43.8 Å². The number of benzene rings is 1. The van der Waals surface area contributed by atoms with Gasteiger partial charge < -0.3 is 21.5 Å². The van der Waals surface area contributed by atoms with Gasteiger partial charge in [0.1, 0.15) is 5.69 Å². The highest BCUT2D eigenvalue weighted by Gasteiger charge is 2.46. The number of amides is 3. The lowest BCUT2D eigenvalue weighted by Gasteiger charge is -2.33. The number of nitrogens with two attached hydrogens (primary N) is 1. The largest absolute Gasteiger partial charge is 0.419 e. The molecule has 3 rings (SSSR count). The minimum absolute atomic E-state index is 0.124. The van der Waals surface area contributed by atoms with Crippen LogP contribution in [0.4, 0.5) is 16.2 Å². The number of nitrogens with one attached hydrogen (secondary N) is 2. The molecule has 2 aromatic rings. The fourth-order valence-electron chi connectivity index (χ4n) is 3.80. The average molecular weight is 438 g/mol. The van der Waals surface area contributed by atoms with Crippen molar-refractivity contribution in [2.45, 2.75) is 31.9 Å². The first-order valence-corrected chi connectivity index (χ1v) is 10.8. The molecule has 1 fully saturated rings. The summed E-state index contributed by atoms with van der Waals surface area (Å²) in [5, 5.41) is 15.9. The number of primary amides is 1. The summed E-state index contributed by atoms with van der Waals surface area (Å²) in [6, 6.07) is 10.7. The van der Waals surface area contributed by atoms with Gasteiger partial charge in [0.15, 0.2) is 0 Å². The first-order chi connectivity index (χ1) is 13.8. The van der Waals surface area contributed by atoms with E-state index in [-0.39, 0.29) is 35.6 Å². The maximum Gasteiger partial charge on any atom is 0.419 e. The van der Waals surface area contributed by atoms with E-state index < -0.39 is 6.10 Å². The summed E-state index contributed by atoms with van der Waals surface area (Å²) >= 11 is 7.02. The van der Waals surface area contributed by atoms with E-state index >= 15 is 0 Å². The number of quaternary nitrogens is 1. The van der Waals surface area contributed by atoms with Gasteiger partial charge in [-0.15, -0.1) is 11.3 Å². The summed E-state index contributed by atoms with van der Waals surface area (Å²) in [6.07, 6.45) is 1.19. The lowest BCUT2D eigenvalue weighted by atomic mass is 10.1. The Labute approximate surface area is 179 Å². The quantitative estimate of drug-likeness (QED) is 0.499. The van der Waals surface area contributed by atoms with Crippen molar-refractivity contribution < 1.29 is 14.7 Å². The van der Waals surface area contributed by atoms with Crippen molar-refractivity contribution in [2.24, 2.45) is 5.73 Å². The molecule has 3 amide bonds. The molecule has 1 aliphatic heterocycles. The Bertz CT molecular complexity index is 873. The molecule has 29 heavy (non-hydrogen) atoms. The molecule has 0 aliphatic carbocycles. The van der Waals surface area contributed by atoms with Crippen LogP contribution < -0.4 is 20.9 Å². The smallest absolute Gasteiger partial charge is 0.389 e. The molecule has 0 bridgehead atoms. The number of rotatable bonds is 7. The number of carbonyl (C=O) groups excluding carboxylic acids is 2. The van der Waals surface area contributed by atoms with E-state index in [0.29, 0.717) is 9.21 Å². The van der Waals surface area contributed by atoms with Gasteiger partial charge in [-0.2, -0.15) is 0 Å². The number of carbonyl (C=O) groups is 2.